The number of H-pyrrole nitrogens is 1. The van der Waals surface area contributed by atoms with E-state index in [1.807, 2.05) is 0 Å². The highest BCUT2D eigenvalue weighted by atomic mass is 32.1. The minimum atomic E-state index is 0.287. The van der Waals surface area contributed by atoms with Crippen molar-refractivity contribution in [3.63, 3.8) is 0 Å². The predicted octanol–water partition coefficient (Wildman–Crippen LogP) is 4.98. The number of Topliss-reactive ketones (excluding diaryl/α,β-unsaturated/α-hetero) is 1. The number of aromatic amines is 1. The number of hydrogen-bond acceptors (Lipinski definition) is 2. The van der Waals surface area contributed by atoms with Gasteiger partial charge in [0.25, 0.3) is 0 Å². The molecule has 3 heteroatoms. The third-order valence-corrected chi connectivity index (χ3v) is 5.48. The molecule has 1 aliphatic carbocycles. The van der Waals surface area contributed by atoms with Crippen molar-refractivity contribution < 1.29 is 4.79 Å². The molecule has 2 aromatic heterocycles. The Hall–Kier alpha value is -1.87. The summed E-state index contributed by atoms with van der Waals surface area (Å²) in [5.74, 6) is 0.287. The van der Waals surface area contributed by atoms with Crippen LogP contribution in [0.5, 0.6) is 0 Å². The number of nitrogens with one attached hydrogen (secondary N) is 1. The van der Waals surface area contributed by atoms with Crippen molar-refractivity contribution in [3.8, 4) is 11.3 Å². The van der Waals surface area contributed by atoms with Crippen LogP contribution in [0.25, 0.3) is 22.2 Å². The Balaban J connectivity index is 1.86. The number of hydrogen-bond donors (Lipinski definition) is 1. The van der Waals surface area contributed by atoms with Crippen LogP contribution in [0.1, 0.15) is 39.9 Å². The number of carbonyl (C=O) groups excluding carboxylic acids is 1. The SMILES string of the molecule is CCCC(=O)c1cc2c(s1)CCc1c-2[nH]c2ccccc12. The molecule has 1 N–H and O–H groups in total. The van der Waals surface area contributed by atoms with Crippen LogP contribution in [0, 0.1) is 0 Å². The van der Waals surface area contributed by atoms with Gasteiger partial charge in [-0.2, -0.15) is 0 Å². The van der Waals surface area contributed by atoms with Crippen molar-refractivity contribution in [2.75, 3.05) is 0 Å². The molecule has 0 radical (unpaired) electrons. The summed E-state index contributed by atoms with van der Waals surface area (Å²) < 4.78 is 0. The fourth-order valence-electron chi connectivity index (χ4n) is 3.24. The second-order valence-corrected chi connectivity index (χ2v) is 6.78. The number of ketones is 1. The van der Waals surface area contributed by atoms with E-state index in [4.69, 9.17) is 0 Å². The molecule has 1 aromatic carbocycles. The van der Waals surface area contributed by atoms with Gasteiger partial charge in [-0.25, -0.2) is 0 Å². The standard InChI is InChI=1S/C18H17NOS/c1-2-5-15(20)17-10-13-16(21-17)9-8-12-11-6-3-4-7-14(11)19-18(12)13/h3-4,6-7,10,19H,2,5,8-9H2,1H3. The number of thiophene rings is 1. The van der Waals surface area contributed by atoms with Gasteiger partial charge in [0.2, 0.25) is 0 Å². The first-order valence-corrected chi connectivity index (χ1v) is 8.35. The highest BCUT2D eigenvalue weighted by Crippen LogP contribution is 2.41. The van der Waals surface area contributed by atoms with Crippen molar-refractivity contribution >= 4 is 28.0 Å². The van der Waals surface area contributed by atoms with Crippen LogP contribution in [0.2, 0.25) is 0 Å². The molecule has 0 fully saturated rings. The number of fused-ring (bicyclic) bond motifs is 5. The maximum absolute atomic E-state index is 12.1. The predicted molar refractivity (Wildman–Crippen MR) is 88.3 cm³/mol. The first kappa shape index (κ1) is 12.8. The van der Waals surface area contributed by atoms with Crippen LogP contribution < -0.4 is 0 Å². The lowest BCUT2D eigenvalue weighted by Crippen LogP contribution is -1.98. The average Bonchev–Trinajstić information content (AvgIpc) is 3.08. The van der Waals surface area contributed by atoms with E-state index in [0.717, 1.165) is 24.1 Å². The van der Waals surface area contributed by atoms with E-state index in [1.165, 1.54) is 32.6 Å². The van der Waals surface area contributed by atoms with E-state index in [-0.39, 0.29) is 5.78 Å². The summed E-state index contributed by atoms with van der Waals surface area (Å²) in [6.07, 6.45) is 3.68. The van der Waals surface area contributed by atoms with Crippen molar-refractivity contribution in [1.29, 1.82) is 0 Å². The van der Waals surface area contributed by atoms with E-state index < -0.39 is 0 Å². The zero-order valence-corrected chi connectivity index (χ0v) is 12.8. The molecule has 0 spiro atoms. The molecule has 21 heavy (non-hydrogen) atoms. The Bertz CT molecular complexity index is 840. The lowest BCUT2D eigenvalue weighted by molar-refractivity contribution is 0.0985. The molecule has 0 saturated carbocycles. The lowest BCUT2D eigenvalue weighted by Gasteiger charge is -2.11. The van der Waals surface area contributed by atoms with Gasteiger partial charge < -0.3 is 4.98 Å². The zero-order valence-electron chi connectivity index (χ0n) is 12.0. The van der Waals surface area contributed by atoms with Crippen LogP contribution >= 0.6 is 11.3 Å². The Labute approximate surface area is 127 Å². The molecular weight excluding hydrogens is 278 g/mol. The number of benzene rings is 1. The van der Waals surface area contributed by atoms with Gasteiger partial charge in [0.1, 0.15) is 0 Å². The molecule has 0 atom stereocenters. The molecule has 3 aromatic rings. The summed E-state index contributed by atoms with van der Waals surface area (Å²) in [6.45, 7) is 2.06. The minimum absolute atomic E-state index is 0.287. The third kappa shape index (κ3) is 1.95. The number of aryl methyl sites for hydroxylation is 2. The Morgan fingerprint density at radius 3 is 3.00 bits per heavy atom. The Morgan fingerprint density at radius 1 is 1.29 bits per heavy atom. The highest BCUT2D eigenvalue weighted by molar-refractivity contribution is 7.14. The van der Waals surface area contributed by atoms with E-state index in [0.29, 0.717) is 6.42 Å². The van der Waals surface area contributed by atoms with Crippen molar-refractivity contribution in [3.05, 3.63) is 45.6 Å². The van der Waals surface area contributed by atoms with Crippen molar-refractivity contribution in [2.24, 2.45) is 0 Å². The van der Waals surface area contributed by atoms with Crippen LogP contribution in [0.3, 0.4) is 0 Å². The molecule has 4 rings (SSSR count). The summed E-state index contributed by atoms with van der Waals surface area (Å²) in [4.78, 5) is 18.0. The topological polar surface area (TPSA) is 32.9 Å². The summed E-state index contributed by atoms with van der Waals surface area (Å²) in [5.41, 5.74) is 5.08. The van der Waals surface area contributed by atoms with Gasteiger partial charge in [0.15, 0.2) is 5.78 Å². The van der Waals surface area contributed by atoms with Gasteiger partial charge in [0.05, 0.1) is 10.6 Å². The molecule has 0 bridgehead atoms. The summed E-state index contributed by atoms with van der Waals surface area (Å²) in [7, 11) is 0. The lowest BCUT2D eigenvalue weighted by atomic mass is 9.94. The van der Waals surface area contributed by atoms with E-state index in [2.05, 4.69) is 42.2 Å². The molecule has 2 heterocycles. The highest BCUT2D eigenvalue weighted by Gasteiger charge is 2.24. The summed E-state index contributed by atoms with van der Waals surface area (Å²) in [6, 6.07) is 10.6. The zero-order chi connectivity index (χ0) is 14.4. The normalized spacial score (nSPS) is 13.2. The molecule has 0 amide bonds. The number of aromatic nitrogens is 1. The monoisotopic (exact) mass is 295 g/mol. The molecule has 106 valence electrons. The van der Waals surface area contributed by atoms with Crippen LogP contribution in [-0.2, 0) is 12.8 Å². The second-order valence-electron chi connectivity index (χ2n) is 5.64. The quantitative estimate of drug-likeness (QED) is 0.679. The number of rotatable bonds is 3. The van der Waals surface area contributed by atoms with E-state index >= 15 is 0 Å². The van der Waals surface area contributed by atoms with Crippen molar-refractivity contribution in [1.82, 2.24) is 4.98 Å². The Morgan fingerprint density at radius 2 is 2.14 bits per heavy atom. The minimum Gasteiger partial charge on any atom is -0.354 e. The third-order valence-electron chi connectivity index (χ3n) is 4.25. The van der Waals surface area contributed by atoms with E-state index in [1.54, 1.807) is 11.3 Å². The van der Waals surface area contributed by atoms with Crippen LogP contribution in [-0.4, -0.2) is 10.8 Å². The van der Waals surface area contributed by atoms with Crippen LogP contribution in [0.15, 0.2) is 30.3 Å². The molecule has 0 saturated heterocycles. The van der Waals surface area contributed by atoms with Gasteiger partial charge in [-0.15, -0.1) is 11.3 Å². The molecular formula is C18H17NOS. The Kier molecular flexibility index (Phi) is 2.96. The van der Waals surface area contributed by atoms with Gasteiger partial charge in [-0.05, 0) is 37.0 Å². The number of para-hydroxylation sites is 1. The van der Waals surface area contributed by atoms with E-state index in [9.17, 15) is 4.79 Å². The van der Waals surface area contributed by atoms with Gasteiger partial charge >= 0.3 is 0 Å². The molecule has 1 aliphatic rings. The second kappa shape index (κ2) is 4.85. The maximum atomic E-state index is 12.1. The molecule has 2 nitrogen and oxygen atoms in total. The van der Waals surface area contributed by atoms with Crippen LogP contribution in [0.4, 0.5) is 0 Å². The smallest absolute Gasteiger partial charge is 0.172 e. The first-order valence-electron chi connectivity index (χ1n) is 7.53. The average molecular weight is 295 g/mol. The molecule has 0 aliphatic heterocycles. The maximum Gasteiger partial charge on any atom is 0.172 e. The van der Waals surface area contributed by atoms with Crippen molar-refractivity contribution in [2.45, 2.75) is 32.6 Å². The number of carbonyl (C=O) groups is 1. The summed E-state index contributed by atoms with van der Waals surface area (Å²) in [5, 5.41) is 1.32. The fraction of sp³-hybridized carbons (Fsp3) is 0.278. The van der Waals surface area contributed by atoms with Gasteiger partial charge in [-0.1, -0.05) is 25.1 Å². The van der Waals surface area contributed by atoms with Gasteiger partial charge in [-0.3, -0.25) is 4.79 Å². The summed E-state index contributed by atoms with van der Waals surface area (Å²) >= 11 is 1.69. The molecule has 0 unspecified atom stereocenters. The van der Waals surface area contributed by atoms with Gasteiger partial charge in [0, 0.05) is 27.8 Å². The fourth-order valence-corrected chi connectivity index (χ4v) is 4.38. The largest absolute Gasteiger partial charge is 0.354 e. The first-order chi connectivity index (χ1) is 10.3.